The largest absolute Gasteiger partial charge is 0.429 e. The Balaban J connectivity index is 1.40. The molecule has 24 heavy (non-hydrogen) atoms. The van der Waals surface area contributed by atoms with Crippen LogP contribution < -0.4 is 10.2 Å². The van der Waals surface area contributed by atoms with Gasteiger partial charge in [0.2, 0.25) is 5.91 Å². The van der Waals surface area contributed by atoms with Gasteiger partial charge >= 0.3 is 0 Å². The number of nitrogens with zero attached hydrogens (tertiary/aromatic N) is 1. The van der Waals surface area contributed by atoms with Crippen molar-refractivity contribution in [2.75, 3.05) is 26.2 Å². The van der Waals surface area contributed by atoms with Crippen molar-refractivity contribution in [2.24, 2.45) is 0 Å². The number of nitrogens with one attached hydrogen (secondary N) is 2. The Hall–Kier alpha value is -1.66. The number of oxazole rings is 1. The second kappa shape index (κ2) is 8.44. The normalized spacial score (nSPS) is 15.7. The second-order valence-electron chi connectivity index (χ2n) is 6.50. The lowest BCUT2D eigenvalue weighted by atomic mass is 10.1. The Labute approximate surface area is 147 Å². The molecule has 0 spiro atoms. The van der Waals surface area contributed by atoms with E-state index in [1.807, 2.05) is 28.8 Å². The van der Waals surface area contributed by atoms with E-state index < -0.39 is 0 Å². The van der Waals surface area contributed by atoms with Crippen LogP contribution in [0.15, 0.2) is 28.7 Å². The zero-order valence-corrected chi connectivity index (χ0v) is 14.9. The number of piperidine rings is 1. The Kier molecular flexibility index (Phi) is 6.04. The van der Waals surface area contributed by atoms with E-state index in [1.54, 1.807) is 4.90 Å². The fourth-order valence-electron chi connectivity index (χ4n) is 3.40. The van der Waals surface area contributed by atoms with E-state index in [2.05, 4.69) is 5.32 Å². The summed E-state index contributed by atoms with van der Waals surface area (Å²) in [6, 6.07) is 7.73. The van der Waals surface area contributed by atoms with Gasteiger partial charge in [-0.2, -0.15) is 0 Å². The molecule has 0 aliphatic carbocycles. The third-order valence-corrected chi connectivity index (χ3v) is 5.03. The lowest BCUT2D eigenvalue weighted by Gasteiger charge is -2.23. The van der Waals surface area contributed by atoms with Crippen LogP contribution in [0.3, 0.4) is 0 Å². The zero-order valence-electron chi connectivity index (χ0n) is 14.1. The molecule has 1 fully saturated rings. The van der Waals surface area contributed by atoms with E-state index >= 15 is 0 Å². The van der Waals surface area contributed by atoms with Crippen LogP contribution in [0.2, 0.25) is 0 Å². The number of aromatic nitrogens is 1. The molecular weight excluding hydrogens is 322 g/mol. The Morgan fingerprint density at radius 2 is 2.04 bits per heavy atom. The van der Waals surface area contributed by atoms with Crippen molar-refractivity contribution >= 4 is 29.2 Å². The summed E-state index contributed by atoms with van der Waals surface area (Å²) in [5.74, 6) is 0.0795. The van der Waals surface area contributed by atoms with Crippen molar-refractivity contribution in [2.45, 2.75) is 38.6 Å². The van der Waals surface area contributed by atoms with Gasteiger partial charge < -0.3 is 14.6 Å². The third kappa shape index (κ3) is 4.45. The van der Waals surface area contributed by atoms with Crippen molar-refractivity contribution in [3.05, 3.63) is 29.1 Å². The monoisotopic (exact) mass is 348 g/mol. The van der Waals surface area contributed by atoms with Crippen LogP contribution >= 0.6 is 12.2 Å². The maximum absolute atomic E-state index is 12.0. The van der Waals surface area contributed by atoms with E-state index in [9.17, 15) is 4.79 Å². The van der Waals surface area contributed by atoms with Gasteiger partial charge in [0.1, 0.15) is 0 Å². The van der Waals surface area contributed by atoms with Crippen molar-refractivity contribution in [3.8, 4) is 0 Å². The molecule has 1 amide bonds. The first-order valence-corrected chi connectivity index (χ1v) is 9.33. The molecule has 0 atom stereocenters. The number of carbonyl (C=O) groups excluding carboxylic acids is 1. The van der Waals surface area contributed by atoms with Crippen LogP contribution in [0.1, 0.15) is 32.1 Å². The first-order valence-electron chi connectivity index (χ1n) is 8.93. The van der Waals surface area contributed by atoms with Gasteiger partial charge in [-0.05, 0) is 43.6 Å². The fraction of sp³-hybridized carbons (Fsp3) is 0.556. The van der Waals surface area contributed by atoms with Crippen LogP contribution in [-0.4, -0.2) is 36.7 Å². The molecule has 0 radical (unpaired) electrons. The summed E-state index contributed by atoms with van der Waals surface area (Å²) in [4.78, 5) is 14.2. The van der Waals surface area contributed by atoms with Crippen LogP contribution in [0.25, 0.3) is 11.1 Å². The number of amides is 1. The van der Waals surface area contributed by atoms with Crippen LogP contribution in [-0.2, 0) is 11.3 Å². The molecule has 1 saturated heterocycles. The fourth-order valence-corrected chi connectivity index (χ4v) is 3.67. The minimum atomic E-state index is 0.0795. The Morgan fingerprint density at radius 1 is 1.25 bits per heavy atom. The number of para-hydroxylation sites is 2. The Morgan fingerprint density at radius 3 is 2.88 bits per heavy atom. The number of aryl methyl sites for hydroxylation is 1. The maximum atomic E-state index is 12.0. The molecule has 1 aliphatic heterocycles. The van der Waals surface area contributed by atoms with Crippen LogP contribution in [0, 0.1) is 4.84 Å². The van der Waals surface area contributed by atoms with Crippen LogP contribution in [0.5, 0.6) is 0 Å². The SMILES string of the molecule is O=C(CCn1c(=S)oc2ccccc21)NCCC[NH+]1CCCCC1. The van der Waals surface area contributed by atoms with Gasteiger partial charge in [0.15, 0.2) is 5.58 Å². The van der Waals surface area contributed by atoms with Crippen LogP contribution in [0.4, 0.5) is 0 Å². The lowest BCUT2D eigenvalue weighted by molar-refractivity contribution is -0.904. The highest BCUT2D eigenvalue weighted by Crippen LogP contribution is 2.17. The van der Waals surface area contributed by atoms with Gasteiger partial charge in [-0.15, -0.1) is 0 Å². The van der Waals surface area contributed by atoms with E-state index in [-0.39, 0.29) is 5.91 Å². The first-order chi connectivity index (χ1) is 11.7. The highest BCUT2D eigenvalue weighted by Gasteiger charge is 2.13. The summed E-state index contributed by atoms with van der Waals surface area (Å²) >= 11 is 5.25. The first kappa shape index (κ1) is 17.2. The smallest absolute Gasteiger partial charge is 0.269 e. The number of fused-ring (bicyclic) bond motifs is 1. The summed E-state index contributed by atoms with van der Waals surface area (Å²) in [6.45, 7) is 5.07. The lowest BCUT2D eigenvalue weighted by Crippen LogP contribution is -3.12. The number of carbonyl (C=O) groups is 1. The maximum Gasteiger partial charge on any atom is 0.269 e. The molecule has 0 bridgehead atoms. The second-order valence-corrected chi connectivity index (χ2v) is 6.85. The van der Waals surface area contributed by atoms with Gasteiger partial charge in [0.05, 0.1) is 25.2 Å². The van der Waals surface area contributed by atoms with Crippen molar-refractivity contribution in [1.29, 1.82) is 0 Å². The van der Waals surface area contributed by atoms with E-state index in [0.717, 1.165) is 30.6 Å². The number of benzene rings is 1. The molecule has 1 aliphatic rings. The summed E-state index contributed by atoms with van der Waals surface area (Å²) in [7, 11) is 0. The summed E-state index contributed by atoms with van der Waals surface area (Å²) < 4.78 is 7.43. The average Bonchev–Trinajstić information content (AvgIpc) is 2.93. The molecule has 0 unspecified atom stereocenters. The summed E-state index contributed by atoms with van der Waals surface area (Å²) in [6.07, 6.45) is 5.55. The predicted molar refractivity (Wildman–Crippen MR) is 96.7 cm³/mol. The molecule has 1 aromatic heterocycles. The van der Waals surface area contributed by atoms with E-state index in [0.29, 0.717) is 17.8 Å². The quantitative estimate of drug-likeness (QED) is 0.594. The molecule has 5 nitrogen and oxygen atoms in total. The van der Waals surface area contributed by atoms with E-state index in [4.69, 9.17) is 16.6 Å². The molecule has 2 heterocycles. The molecular formula is C18H26N3O2S+. The highest BCUT2D eigenvalue weighted by atomic mass is 32.1. The third-order valence-electron chi connectivity index (χ3n) is 4.73. The molecule has 6 heteroatoms. The number of hydrogen-bond donors (Lipinski definition) is 2. The standard InChI is InChI=1S/C18H25N3O2S/c22-17(19-10-6-13-20-11-4-1-5-12-20)9-14-21-15-7-2-3-8-16(15)23-18(21)24/h2-3,7-8H,1,4-6,9-14H2,(H,19,22)/p+1. The number of likely N-dealkylation sites (tertiary alicyclic amines) is 1. The van der Waals surface area contributed by atoms with E-state index in [1.165, 1.54) is 32.4 Å². The number of rotatable bonds is 7. The van der Waals surface area contributed by atoms with Gasteiger partial charge in [0, 0.05) is 25.9 Å². The summed E-state index contributed by atoms with van der Waals surface area (Å²) in [5, 5.41) is 3.02. The minimum Gasteiger partial charge on any atom is -0.429 e. The molecule has 0 saturated carbocycles. The Bertz CT molecular complexity index is 731. The molecule has 3 rings (SSSR count). The number of hydrogen-bond acceptors (Lipinski definition) is 3. The topological polar surface area (TPSA) is 51.6 Å². The van der Waals surface area contributed by atoms with Gasteiger partial charge in [-0.25, -0.2) is 0 Å². The molecule has 130 valence electrons. The summed E-state index contributed by atoms with van der Waals surface area (Å²) in [5.41, 5.74) is 1.72. The van der Waals surface area contributed by atoms with Crippen molar-refractivity contribution < 1.29 is 14.1 Å². The molecule has 2 N–H and O–H groups in total. The van der Waals surface area contributed by atoms with Gasteiger partial charge in [-0.1, -0.05) is 12.1 Å². The van der Waals surface area contributed by atoms with Crippen molar-refractivity contribution in [1.82, 2.24) is 9.88 Å². The highest BCUT2D eigenvalue weighted by molar-refractivity contribution is 7.71. The molecule has 1 aromatic carbocycles. The van der Waals surface area contributed by atoms with Gasteiger partial charge in [-0.3, -0.25) is 9.36 Å². The average molecular weight is 348 g/mol. The van der Waals surface area contributed by atoms with Crippen molar-refractivity contribution in [3.63, 3.8) is 0 Å². The minimum absolute atomic E-state index is 0.0795. The molecule has 2 aromatic rings. The predicted octanol–water partition coefficient (Wildman–Crippen LogP) is 1.93. The van der Waals surface area contributed by atoms with Gasteiger partial charge in [0.25, 0.3) is 4.84 Å². The number of quaternary nitrogens is 1. The zero-order chi connectivity index (χ0) is 16.8.